The maximum absolute atomic E-state index is 13.2. The fraction of sp³-hybridized carbons (Fsp3) is 0.250. The molecule has 0 saturated carbocycles. The highest BCUT2D eigenvalue weighted by atomic mass is 19.1. The molecule has 0 saturated heterocycles. The Balaban J connectivity index is 2.58. The number of nitrogens with zero attached hydrogens (tertiary/aromatic N) is 2. The van der Waals surface area contributed by atoms with Gasteiger partial charge in [-0.15, -0.1) is 0 Å². The van der Waals surface area contributed by atoms with Gasteiger partial charge in [0.25, 0.3) is 0 Å². The van der Waals surface area contributed by atoms with Crippen molar-refractivity contribution in [1.82, 2.24) is 9.55 Å². The SMILES string of the molecule is Cc1ccc(F)cc1-n1cncc1C(C)N. The van der Waals surface area contributed by atoms with Gasteiger partial charge in [-0.1, -0.05) is 6.07 Å². The van der Waals surface area contributed by atoms with E-state index >= 15 is 0 Å². The van der Waals surface area contributed by atoms with E-state index in [1.165, 1.54) is 12.1 Å². The molecule has 1 heterocycles. The van der Waals surface area contributed by atoms with E-state index in [2.05, 4.69) is 4.98 Å². The van der Waals surface area contributed by atoms with Crippen molar-refractivity contribution in [2.75, 3.05) is 0 Å². The predicted octanol–water partition coefficient (Wildman–Crippen LogP) is 2.34. The molecule has 0 aliphatic carbocycles. The molecule has 16 heavy (non-hydrogen) atoms. The van der Waals surface area contributed by atoms with E-state index < -0.39 is 0 Å². The van der Waals surface area contributed by atoms with E-state index in [9.17, 15) is 4.39 Å². The summed E-state index contributed by atoms with van der Waals surface area (Å²) in [6.45, 7) is 3.81. The monoisotopic (exact) mass is 219 g/mol. The van der Waals surface area contributed by atoms with Gasteiger partial charge in [0.2, 0.25) is 0 Å². The van der Waals surface area contributed by atoms with Crippen molar-refractivity contribution in [3.63, 3.8) is 0 Å². The molecule has 1 atom stereocenters. The van der Waals surface area contributed by atoms with Crippen LogP contribution in [-0.2, 0) is 0 Å². The molecule has 1 aromatic heterocycles. The highest BCUT2D eigenvalue weighted by Crippen LogP contribution is 2.20. The molecule has 1 aromatic carbocycles. The molecular weight excluding hydrogens is 205 g/mol. The minimum absolute atomic E-state index is 0.134. The summed E-state index contributed by atoms with van der Waals surface area (Å²) in [5.41, 5.74) is 8.47. The average Bonchev–Trinajstić information content (AvgIpc) is 2.70. The maximum Gasteiger partial charge on any atom is 0.125 e. The Morgan fingerprint density at radius 3 is 2.88 bits per heavy atom. The third-order valence-corrected chi connectivity index (χ3v) is 2.56. The molecule has 0 radical (unpaired) electrons. The molecule has 0 amide bonds. The fourth-order valence-corrected chi connectivity index (χ4v) is 1.69. The zero-order valence-corrected chi connectivity index (χ0v) is 9.31. The van der Waals surface area contributed by atoms with E-state index in [1.54, 1.807) is 18.6 Å². The van der Waals surface area contributed by atoms with Crippen LogP contribution in [0.3, 0.4) is 0 Å². The molecule has 2 aromatic rings. The van der Waals surface area contributed by atoms with Gasteiger partial charge in [-0.05, 0) is 31.5 Å². The van der Waals surface area contributed by atoms with Gasteiger partial charge in [0.15, 0.2) is 0 Å². The topological polar surface area (TPSA) is 43.8 Å². The molecule has 4 heteroatoms. The molecule has 2 rings (SSSR count). The lowest BCUT2D eigenvalue weighted by Crippen LogP contribution is -2.11. The minimum atomic E-state index is -0.259. The number of hydrogen-bond donors (Lipinski definition) is 1. The number of hydrogen-bond acceptors (Lipinski definition) is 2. The Morgan fingerprint density at radius 1 is 1.44 bits per heavy atom. The van der Waals surface area contributed by atoms with Crippen molar-refractivity contribution in [2.45, 2.75) is 19.9 Å². The molecule has 0 bridgehead atoms. The van der Waals surface area contributed by atoms with Gasteiger partial charge in [0, 0.05) is 6.04 Å². The van der Waals surface area contributed by atoms with Crippen LogP contribution >= 0.6 is 0 Å². The number of benzene rings is 1. The Bertz CT molecular complexity index is 503. The van der Waals surface area contributed by atoms with Crippen LogP contribution in [-0.4, -0.2) is 9.55 Å². The van der Waals surface area contributed by atoms with E-state index in [0.29, 0.717) is 0 Å². The summed E-state index contributed by atoms with van der Waals surface area (Å²) in [6, 6.07) is 4.55. The van der Waals surface area contributed by atoms with E-state index in [0.717, 1.165) is 16.9 Å². The molecule has 3 nitrogen and oxygen atoms in total. The standard InChI is InChI=1S/C12H14FN3/c1-8-3-4-10(13)5-11(8)16-7-15-6-12(16)9(2)14/h3-7,9H,14H2,1-2H3. The summed E-state index contributed by atoms with van der Waals surface area (Å²) < 4.78 is 15.0. The van der Waals surface area contributed by atoms with E-state index in [1.807, 2.05) is 18.4 Å². The first kappa shape index (κ1) is 10.8. The maximum atomic E-state index is 13.2. The molecule has 0 aliphatic heterocycles. The molecule has 0 aliphatic rings. The van der Waals surface area contributed by atoms with Crippen molar-refractivity contribution in [3.05, 3.63) is 47.8 Å². The molecule has 0 fully saturated rings. The van der Waals surface area contributed by atoms with Gasteiger partial charge >= 0.3 is 0 Å². The van der Waals surface area contributed by atoms with Crippen molar-refractivity contribution in [2.24, 2.45) is 5.73 Å². The van der Waals surface area contributed by atoms with Crippen LogP contribution in [0.4, 0.5) is 4.39 Å². The quantitative estimate of drug-likeness (QED) is 0.842. The highest BCUT2D eigenvalue weighted by molar-refractivity contribution is 5.42. The number of aryl methyl sites for hydroxylation is 1. The van der Waals surface area contributed by atoms with Crippen LogP contribution in [0.1, 0.15) is 24.2 Å². The number of rotatable bonds is 2. The first-order valence-corrected chi connectivity index (χ1v) is 5.14. The van der Waals surface area contributed by atoms with Gasteiger partial charge in [0.1, 0.15) is 5.82 Å². The number of aromatic nitrogens is 2. The first-order valence-electron chi connectivity index (χ1n) is 5.14. The second-order valence-corrected chi connectivity index (χ2v) is 3.91. The Labute approximate surface area is 93.7 Å². The van der Waals surface area contributed by atoms with Gasteiger partial charge in [-0.3, -0.25) is 0 Å². The van der Waals surface area contributed by atoms with Crippen molar-refractivity contribution >= 4 is 0 Å². The first-order chi connectivity index (χ1) is 7.59. The summed E-state index contributed by atoms with van der Waals surface area (Å²) in [6.07, 6.45) is 3.36. The van der Waals surface area contributed by atoms with Crippen LogP contribution < -0.4 is 5.73 Å². The lowest BCUT2D eigenvalue weighted by atomic mass is 10.1. The van der Waals surface area contributed by atoms with Gasteiger partial charge in [-0.25, -0.2) is 9.37 Å². The number of imidazole rings is 1. The van der Waals surface area contributed by atoms with Gasteiger partial charge in [0.05, 0.1) is 23.9 Å². The molecule has 1 unspecified atom stereocenters. The lowest BCUT2D eigenvalue weighted by Gasteiger charge is -2.13. The van der Waals surface area contributed by atoms with E-state index in [-0.39, 0.29) is 11.9 Å². The van der Waals surface area contributed by atoms with E-state index in [4.69, 9.17) is 5.73 Å². The lowest BCUT2D eigenvalue weighted by molar-refractivity contribution is 0.625. The smallest absolute Gasteiger partial charge is 0.125 e. The highest BCUT2D eigenvalue weighted by Gasteiger charge is 2.10. The molecule has 84 valence electrons. The van der Waals surface area contributed by atoms with Gasteiger partial charge in [-0.2, -0.15) is 0 Å². The van der Waals surface area contributed by atoms with Crippen molar-refractivity contribution in [3.8, 4) is 5.69 Å². The number of halogens is 1. The van der Waals surface area contributed by atoms with Crippen molar-refractivity contribution in [1.29, 1.82) is 0 Å². The second-order valence-electron chi connectivity index (χ2n) is 3.91. The zero-order valence-electron chi connectivity index (χ0n) is 9.31. The molecule has 0 spiro atoms. The van der Waals surface area contributed by atoms with Crippen LogP contribution in [0.2, 0.25) is 0 Å². The third kappa shape index (κ3) is 1.84. The van der Waals surface area contributed by atoms with Crippen LogP contribution in [0.25, 0.3) is 5.69 Å². The fourth-order valence-electron chi connectivity index (χ4n) is 1.69. The predicted molar refractivity (Wildman–Crippen MR) is 60.9 cm³/mol. The van der Waals surface area contributed by atoms with Crippen LogP contribution in [0.15, 0.2) is 30.7 Å². The summed E-state index contributed by atoms with van der Waals surface area (Å²) in [5.74, 6) is -0.259. The van der Waals surface area contributed by atoms with Crippen LogP contribution in [0.5, 0.6) is 0 Å². The Hall–Kier alpha value is -1.68. The Kier molecular flexibility index (Phi) is 2.75. The number of nitrogens with two attached hydrogens (primary N) is 1. The average molecular weight is 219 g/mol. The summed E-state index contributed by atoms with van der Waals surface area (Å²) >= 11 is 0. The summed E-state index contributed by atoms with van der Waals surface area (Å²) in [5, 5.41) is 0. The zero-order chi connectivity index (χ0) is 11.7. The Morgan fingerprint density at radius 2 is 2.19 bits per heavy atom. The largest absolute Gasteiger partial charge is 0.323 e. The summed E-state index contributed by atoms with van der Waals surface area (Å²) in [7, 11) is 0. The molecule has 2 N–H and O–H groups in total. The van der Waals surface area contributed by atoms with Crippen LogP contribution in [0, 0.1) is 12.7 Å². The molecular formula is C12H14FN3. The van der Waals surface area contributed by atoms with Crippen molar-refractivity contribution < 1.29 is 4.39 Å². The normalized spacial score (nSPS) is 12.8. The second kappa shape index (κ2) is 4.06. The van der Waals surface area contributed by atoms with Gasteiger partial charge < -0.3 is 10.3 Å². The third-order valence-electron chi connectivity index (χ3n) is 2.56. The minimum Gasteiger partial charge on any atom is -0.323 e. The summed E-state index contributed by atoms with van der Waals surface area (Å²) in [4.78, 5) is 4.05.